The Bertz CT molecular complexity index is 402. The summed E-state index contributed by atoms with van der Waals surface area (Å²) in [7, 11) is 0. The SMILES string of the molecule is C=C(CC/C=C(\C)CC(C)(C)CC)C(Br)CC/C(=C/CC)CBr. The smallest absolute Gasteiger partial charge is 0.0355 e. The quantitative estimate of drug-likeness (QED) is 0.208. The van der Waals surface area contributed by atoms with Crippen LogP contribution in [0.25, 0.3) is 0 Å². The Morgan fingerprint density at radius 1 is 1.17 bits per heavy atom. The van der Waals surface area contributed by atoms with Crippen molar-refractivity contribution < 1.29 is 0 Å². The van der Waals surface area contributed by atoms with Crippen LogP contribution in [0.4, 0.5) is 0 Å². The molecule has 0 aromatic carbocycles. The molecular formula is C21H36Br2. The molecule has 0 spiro atoms. The van der Waals surface area contributed by atoms with E-state index in [0.717, 1.165) is 37.4 Å². The van der Waals surface area contributed by atoms with Crippen molar-refractivity contribution in [2.75, 3.05) is 5.33 Å². The lowest BCUT2D eigenvalue weighted by atomic mass is 9.83. The molecule has 0 radical (unpaired) electrons. The van der Waals surface area contributed by atoms with E-state index in [0.29, 0.717) is 10.2 Å². The van der Waals surface area contributed by atoms with Gasteiger partial charge in [-0.1, -0.05) is 101 Å². The fraction of sp³-hybridized carbons (Fsp3) is 0.714. The second kappa shape index (κ2) is 12.5. The molecule has 0 aliphatic carbocycles. The van der Waals surface area contributed by atoms with Gasteiger partial charge in [-0.15, -0.1) is 0 Å². The van der Waals surface area contributed by atoms with Gasteiger partial charge in [-0.05, 0) is 50.9 Å². The first-order chi connectivity index (χ1) is 10.8. The summed E-state index contributed by atoms with van der Waals surface area (Å²) < 4.78 is 0. The maximum Gasteiger partial charge on any atom is 0.0355 e. The number of alkyl halides is 2. The molecule has 0 aliphatic rings. The van der Waals surface area contributed by atoms with Gasteiger partial charge in [0, 0.05) is 10.2 Å². The van der Waals surface area contributed by atoms with Crippen molar-refractivity contribution in [3.8, 4) is 0 Å². The third-order valence-corrected chi connectivity index (χ3v) is 6.32. The first-order valence-corrected chi connectivity index (χ1v) is 11.0. The van der Waals surface area contributed by atoms with Crippen molar-refractivity contribution >= 4 is 31.9 Å². The average molecular weight is 448 g/mol. The lowest BCUT2D eigenvalue weighted by molar-refractivity contribution is 0.348. The fourth-order valence-electron chi connectivity index (χ4n) is 2.64. The average Bonchev–Trinajstić information content (AvgIpc) is 2.50. The summed E-state index contributed by atoms with van der Waals surface area (Å²) in [5, 5.41) is 0.988. The predicted molar refractivity (Wildman–Crippen MR) is 115 cm³/mol. The van der Waals surface area contributed by atoms with Crippen molar-refractivity contribution in [2.45, 2.75) is 84.4 Å². The van der Waals surface area contributed by atoms with Crippen molar-refractivity contribution in [1.29, 1.82) is 0 Å². The molecule has 0 aromatic rings. The van der Waals surface area contributed by atoms with Gasteiger partial charge in [0.05, 0.1) is 0 Å². The maximum absolute atomic E-state index is 4.28. The minimum atomic E-state index is 0.424. The van der Waals surface area contributed by atoms with Gasteiger partial charge in [-0.3, -0.25) is 0 Å². The van der Waals surface area contributed by atoms with Crippen LogP contribution < -0.4 is 0 Å². The third-order valence-electron chi connectivity index (χ3n) is 4.50. The van der Waals surface area contributed by atoms with Gasteiger partial charge >= 0.3 is 0 Å². The molecule has 0 N–H and O–H groups in total. The zero-order valence-electron chi connectivity index (χ0n) is 15.9. The summed E-state index contributed by atoms with van der Waals surface area (Å²) >= 11 is 7.39. The van der Waals surface area contributed by atoms with Gasteiger partial charge in [0.15, 0.2) is 0 Å². The first kappa shape index (κ1) is 23.2. The molecule has 23 heavy (non-hydrogen) atoms. The number of halogens is 2. The van der Waals surface area contributed by atoms with Crippen LogP contribution in [0.15, 0.2) is 35.5 Å². The maximum atomic E-state index is 4.28. The lowest BCUT2D eigenvalue weighted by Crippen LogP contribution is -2.09. The van der Waals surface area contributed by atoms with Gasteiger partial charge in [0.1, 0.15) is 0 Å². The lowest BCUT2D eigenvalue weighted by Gasteiger charge is -2.23. The molecule has 0 aliphatic heterocycles. The predicted octanol–water partition coefficient (Wildman–Crippen LogP) is 8.37. The zero-order valence-corrected chi connectivity index (χ0v) is 19.0. The molecule has 1 atom stereocenters. The second-order valence-corrected chi connectivity index (χ2v) is 9.02. The summed E-state index contributed by atoms with van der Waals surface area (Å²) in [6.07, 6.45) is 12.8. The van der Waals surface area contributed by atoms with E-state index in [9.17, 15) is 0 Å². The van der Waals surface area contributed by atoms with Crippen LogP contribution >= 0.6 is 31.9 Å². The van der Waals surface area contributed by atoms with Crippen LogP contribution in [0.2, 0.25) is 0 Å². The monoisotopic (exact) mass is 446 g/mol. The fourth-order valence-corrected chi connectivity index (χ4v) is 3.61. The molecule has 0 saturated heterocycles. The van der Waals surface area contributed by atoms with E-state index in [1.54, 1.807) is 0 Å². The van der Waals surface area contributed by atoms with E-state index in [4.69, 9.17) is 0 Å². The van der Waals surface area contributed by atoms with Gasteiger partial charge in [-0.2, -0.15) is 0 Å². The Morgan fingerprint density at radius 2 is 1.83 bits per heavy atom. The first-order valence-electron chi connectivity index (χ1n) is 8.97. The summed E-state index contributed by atoms with van der Waals surface area (Å²) in [5.74, 6) is 0. The number of hydrogen-bond acceptors (Lipinski definition) is 0. The molecule has 0 nitrogen and oxygen atoms in total. The van der Waals surface area contributed by atoms with Crippen molar-refractivity contribution in [2.24, 2.45) is 5.41 Å². The van der Waals surface area contributed by atoms with Gasteiger partial charge in [0.25, 0.3) is 0 Å². The van der Waals surface area contributed by atoms with E-state index < -0.39 is 0 Å². The largest absolute Gasteiger partial charge is 0.0987 e. The molecule has 1 unspecified atom stereocenters. The highest BCUT2D eigenvalue weighted by Gasteiger charge is 2.15. The second-order valence-electron chi connectivity index (χ2n) is 7.35. The van der Waals surface area contributed by atoms with E-state index in [2.05, 4.69) is 85.2 Å². The molecule has 0 rings (SSSR count). The molecule has 0 aromatic heterocycles. The van der Waals surface area contributed by atoms with Crippen molar-refractivity contribution in [3.05, 3.63) is 35.5 Å². The molecule has 0 heterocycles. The van der Waals surface area contributed by atoms with Crippen LogP contribution in [-0.2, 0) is 0 Å². The number of rotatable bonds is 12. The molecule has 2 heteroatoms. The minimum Gasteiger partial charge on any atom is -0.0987 e. The van der Waals surface area contributed by atoms with E-state index >= 15 is 0 Å². The van der Waals surface area contributed by atoms with Crippen molar-refractivity contribution in [1.82, 2.24) is 0 Å². The van der Waals surface area contributed by atoms with Crippen LogP contribution in [0.1, 0.15) is 79.6 Å². The van der Waals surface area contributed by atoms with Crippen LogP contribution in [0.5, 0.6) is 0 Å². The summed E-state index contributed by atoms with van der Waals surface area (Å²) in [6, 6.07) is 0. The van der Waals surface area contributed by atoms with Crippen LogP contribution in [0, 0.1) is 5.41 Å². The van der Waals surface area contributed by atoms with Crippen molar-refractivity contribution in [3.63, 3.8) is 0 Å². The number of allylic oxidation sites excluding steroid dienone is 5. The highest BCUT2D eigenvalue weighted by atomic mass is 79.9. The molecule has 0 amide bonds. The topological polar surface area (TPSA) is 0 Å². The van der Waals surface area contributed by atoms with E-state index in [1.165, 1.54) is 29.6 Å². The Kier molecular flexibility index (Phi) is 12.6. The summed E-state index contributed by atoms with van der Waals surface area (Å²) in [4.78, 5) is 0.433. The highest BCUT2D eigenvalue weighted by Crippen LogP contribution is 2.29. The normalized spacial score (nSPS) is 14.9. The Labute approximate surface area is 162 Å². The minimum absolute atomic E-state index is 0.424. The van der Waals surface area contributed by atoms with E-state index in [-0.39, 0.29) is 0 Å². The van der Waals surface area contributed by atoms with Gasteiger partial charge in [-0.25, -0.2) is 0 Å². The molecular weight excluding hydrogens is 412 g/mol. The molecule has 0 saturated carbocycles. The summed E-state index contributed by atoms with van der Waals surface area (Å²) in [5.41, 5.74) is 4.77. The van der Waals surface area contributed by atoms with Gasteiger partial charge in [0.2, 0.25) is 0 Å². The third kappa shape index (κ3) is 11.4. The Hall–Kier alpha value is 0.180. The summed E-state index contributed by atoms with van der Waals surface area (Å²) in [6.45, 7) is 15.7. The van der Waals surface area contributed by atoms with Gasteiger partial charge < -0.3 is 0 Å². The number of hydrogen-bond donors (Lipinski definition) is 0. The van der Waals surface area contributed by atoms with Crippen LogP contribution in [0.3, 0.4) is 0 Å². The van der Waals surface area contributed by atoms with E-state index in [1.807, 2.05) is 0 Å². The highest BCUT2D eigenvalue weighted by molar-refractivity contribution is 9.09. The Balaban J connectivity index is 4.21. The zero-order chi connectivity index (χ0) is 17.9. The standard InChI is InChI=1S/C21H36Br2/c1-7-10-19(16-22)13-14-20(23)18(4)12-9-11-17(3)15-21(5,6)8-2/h10-11,20H,4,7-9,12-16H2,1-3,5-6H3/b17-11+,19-10-. The molecule has 0 fully saturated rings. The molecule has 134 valence electrons. The molecule has 0 bridgehead atoms. The Morgan fingerprint density at radius 3 is 2.35 bits per heavy atom. The van der Waals surface area contributed by atoms with Crippen LogP contribution in [-0.4, -0.2) is 10.2 Å².